The van der Waals surface area contributed by atoms with Crippen LogP contribution in [0.25, 0.3) is 17.0 Å². The van der Waals surface area contributed by atoms with Crippen LogP contribution in [0.4, 0.5) is 0 Å². The number of carbonyl (C=O) groups is 2. The Labute approximate surface area is 162 Å². The number of para-hydroxylation sites is 1. The minimum atomic E-state index is -0.285. The van der Waals surface area contributed by atoms with Crippen LogP contribution in [0.1, 0.15) is 16.1 Å². The number of benzene rings is 2. The molecule has 1 aromatic heterocycles. The second-order valence-corrected chi connectivity index (χ2v) is 6.08. The fraction of sp³-hybridized carbons (Fsp3) is 0.143. The SMILES string of the molecule is COc1cc(/C=C/C(=O)NCCNC(=O)c2cc3ccccc3[nH]2)ccc1O. The smallest absolute Gasteiger partial charge is 0.267 e. The maximum atomic E-state index is 12.2. The van der Waals surface area contributed by atoms with Crippen molar-refractivity contribution in [2.24, 2.45) is 0 Å². The Morgan fingerprint density at radius 1 is 1.11 bits per heavy atom. The molecule has 144 valence electrons. The van der Waals surface area contributed by atoms with Crippen LogP contribution in [0.3, 0.4) is 0 Å². The molecular weight excluding hydrogens is 358 g/mol. The largest absolute Gasteiger partial charge is 0.504 e. The first-order valence-electron chi connectivity index (χ1n) is 8.75. The summed E-state index contributed by atoms with van der Waals surface area (Å²) in [6.07, 6.45) is 2.99. The summed E-state index contributed by atoms with van der Waals surface area (Å²) in [6, 6.07) is 14.2. The number of nitrogens with one attached hydrogen (secondary N) is 3. The molecule has 0 aliphatic carbocycles. The number of fused-ring (bicyclic) bond motifs is 1. The van der Waals surface area contributed by atoms with Crippen molar-refractivity contribution in [3.05, 3.63) is 65.9 Å². The molecule has 0 saturated carbocycles. The third-order valence-electron chi connectivity index (χ3n) is 4.12. The minimum Gasteiger partial charge on any atom is -0.504 e. The minimum absolute atomic E-state index is 0.0369. The molecule has 3 rings (SSSR count). The molecule has 0 radical (unpaired) electrons. The highest BCUT2D eigenvalue weighted by Crippen LogP contribution is 2.26. The van der Waals surface area contributed by atoms with Gasteiger partial charge in [-0.3, -0.25) is 9.59 Å². The van der Waals surface area contributed by atoms with Crippen molar-refractivity contribution < 1.29 is 19.4 Å². The van der Waals surface area contributed by atoms with Crippen LogP contribution >= 0.6 is 0 Å². The Morgan fingerprint density at radius 2 is 1.89 bits per heavy atom. The summed E-state index contributed by atoms with van der Waals surface area (Å²) < 4.78 is 5.02. The van der Waals surface area contributed by atoms with Crippen molar-refractivity contribution >= 4 is 28.8 Å². The summed E-state index contributed by atoms with van der Waals surface area (Å²) in [7, 11) is 1.46. The molecule has 0 atom stereocenters. The zero-order valence-corrected chi connectivity index (χ0v) is 15.4. The van der Waals surface area contributed by atoms with Crippen molar-refractivity contribution in [2.45, 2.75) is 0 Å². The van der Waals surface area contributed by atoms with Gasteiger partial charge in [-0.1, -0.05) is 24.3 Å². The number of carbonyl (C=O) groups excluding carboxylic acids is 2. The predicted molar refractivity (Wildman–Crippen MR) is 107 cm³/mol. The number of amides is 2. The molecule has 4 N–H and O–H groups in total. The van der Waals surface area contributed by atoms with Gasteiger partial charge in [-0.2, -0.15) is 0 Å². The zero-order chi connectivity index (χ0) is 19.9. The predicted octanol–water partition coefficient (Wildman–Crippen LogP) is 2.44. The molecule has 0 fully saturated rings. The average molecular weight is 379 g/mol. The summed E-state index contributed by atoms with van der Waals surface area (Å²) in [5, 5.41) is 16.0. The summed E-state index contributed by atoms with van der Waals surface area (Å²) in [5.41, 5.74) is 2.10. The van der Waals surface area contributed by atoms with Crippen LogP contribution in [-0.4, -0.2) is 42.1 Å². The molecule has 7 nitrogen and oxygen atoms in total. The number of phenolic OH excluding ortho intramolecular Hbond substituents is 1. The molecule has 0 aliphatic heterocycles. The van der Waals surface area contributed by atoms with Crippen LogP contribution < -0.4 is 15.4 Å². The Bertz CT molecular complexity index is 990. The molecule has 0 bridgehead atoms. The van der Waals surface area contributed by atoms with Crippen molar-refractivity contribution in [1.82, 2.24) is 15.6 Å². The van der Waals surface area contributed by atoms with Gasteiger partial charge in [0, 0.05) is 30.1 Å². The highest BCUT2D eigenvalue weighted by atomic mass is 16.5. The third kappa shape index (κ3) is 4.70. The number of H-pyrrole nitrogens is 1. The van der Waals surface area contributed by atoms with E-state index in [2.05, 4.69) is 15.6 Å². The molecule has 0 aliphatic rings. The number of hydrogen-bond acceptors (Lipinski definition) is 4. The van der Waals surface area contributed by atoms with Gasteiger partial charge in [0.1, 0.15) is 5.69 Å². The lowest BCUT2D eigenvalue weighted by Gasteiger charge is -2.05. The Morgan fingerprint density at radius 3 is 2.68 bits per heavy atom. The van der Waals surface area contributed by atoms with Gasteiger partial charge < -0.3 is 25.5 Å². The Kier molecular flexibility index (Phi) is 5.96. The molecule has 2 aromatic carbocycles. The molecule has 3 aromatic rings. The average Bonchev–Trinajstić information content (AvgIpc) is 3.15. The summed E-state index contributed by atoms with van der Waals surface area (Å²) in [6.45, 7) is 0.606. The number of aromatic nitrogens is 1. The van der Waals surface area contributed by atoms with E-state index in [0.717, 1.165) is 16.5 Å². The number of rotatable bonds is 7. The van der Waals surface area contributed by atoms with Gasteiger partial charge in [0.25, 0.3) is 5.91 Å². The van der Waals surface area contributed by atoms with Crippen LogP contribution in [-0.2, 0) is 4.79 Å². The number of phenols is 1. The molecular formula is C21H21N3O4. The molecule has 0 spiro atoms. The lowest BCUT2D eigenvalue weighted by Crippen LogP contribution is -2.34. The first-order chi connectivity index (χ1) is 13.6. The van der Waals surface area contributed by atoms with Crippen LogP contribution in [0.15, 0.2) is 54.6 Å². The van der Waals surface area contributed by atoms with E-state index in [1.54, 1.807) is 24.3 Å². The number of aromatic hydroxyl groups is 1. The van der Waals surface area contributed by atoms with Crippen molar-refractivity contribution in [1.29, 1.82) is 0 Å². The van der Waals surface area contributed by atoms with Gasteiger partial charge in [0.2, 0.25) is 5.91 Å². The summed E-state index contributed by atoms with van der Waals surface area (Å²) >= 11 is 0. The quantitative estimate of drug-likeness (QED) is 0.374. The topological polar surface area (TPSA) is 103 Å². The van der Waals surface area contributed by atoms with Crippen LogP contribution in [0.5, 0.6) is 11.5 Å². The second kappa shape index (κ2) is 8.77. The van der Waals surface area contributed by atoms with E-state index in [1.807, 2.05) is 24.3 Å². The number of ether oxygens (including phenoxy) is 1. The van der Waals surface area contributed by atoms with E-state index in [-0.39, 0.29) is 17.6 Å². The molecule has 0 saturated heterocycles. The van der Waals surface area contributed by atoms with Gasteiger partial charge in [0.05, 0.1) is 7.11 Å². The van der Waals surface area contributed by atoms with Gasteiger partial charge in [-0.05, 0) is 35.9 Å². The van der Waals surface area contributed by atoms with E-state index >= 15 is 0 Å². The molecule has 0 unspecified atom stereocenters. The maximum Gasteiger partial charge on any atom is 0.267 e. The van der Waals surface area contributed by atoms with E-state index in [1.165, 1.54) is 19.3 Å². The van der Waals surface area contributed by atoms with E-state index in [0.29, 0.717) is 24.5 Å². The van der Waals surface area contributed by atoms with Gasteiger partial charge in [0.15, 0.2) is 11.5 Å². The van der Waals surface area contributed by atoms with Crippen molar-refractivity contribution in [2.75, 3.05) is 20.2 Å². The molecule has 28 heavy (non-hydrogen) atoms. The van der Waals surface area contributed by atoms with Gasteiger partial charge in [-0.25, -0.2) is 0 Å². The lowest BCUT2D eigenvalue weighted by molar-refractivity contribution is -0.116. The van der Waals surface area contributed by atoms with E-state index in [9.17, 15) is 14.7 Å². The van der Waals surface area contributed by atoms with Gasteiger partial charge in [-0.15, -0.1) is 0 Å². The second-order valence-electron chi connectivity index (χ2n) is 6.08. The maximum absolute atomic E-state index is 12.2. The standard InChI is InChI=1S/C21H21N3O4/c1-28-19-12-14(6-8-18(19)25)7-9-20(26)22-10-11-23-21(27)17-13-15-4-2-3-5-16(15)24-17/h2-9,12-13,24-25H,10-11H2,1H3,(H,22,26)(H,23,27)/b9-7+. The molecule has 7 heteroatoms. The van der Waals surface area contributed by atoms with Crippen molar-refractivity contribution in [3.8, 4) is 11.5 Å². The zero-order valence-electron chi connectivity index (χ0n) is 15.4. The monoisotopic (exact) mass is 379 g/mol. The number of hydrogen-bond donors (Lipinski definition) is 4. The van der Waals surface area contributed by atoms with E-state index < -0.39 is 0 Å². The third-order valence-corrected chi connectivity index (χ3v) is 4.12. The molecule has 2 amide bonds. The number of methoxy groups -OCH3 is 1. The van der Waals surface area contributed by atoms with Crippen LogP contribution in [0, 0.1) is 0 Å². The fourth-order valence-corrected chi connectivity index (χ4v) is 2.68. The highest BCUT2D eigenvalue weighted by molar-refractivity contribution is 5.98. The Hall–Kier alpha value is -3.74. The first kappa shape index (κ1) is 19.0. The first-order valence-corrected chi connectivity index (χ1v) is 8.75. The highest BCUT2D eigenvalue weighted by Gasteiger charge is 2.08. The lowest BCUT2D eigenvalue weighted by atomic mass is 10.2. The Balaban J connectivity index is 1.44. The summed E-state index contributed by atoms with van der Waals surface area (Å²) in [4.78, 5) is 27.1. The van der Waals surface area contributed by atoms with Crippen LogP contribution in [0.2, 0.25) is 0 Å². The van der Waals surface area contributed by atoms with E-state index in [4.69, 9.17) is 4.74 Å². The number of aromatic amines is 1. The van der Waals surface area contributed by atoms with Gasteiger partial charge >= 0.3 is 0 Å². The normalized spacial score (nSPS) is 10.9. The van der Waals surface area contributed by atoms with Crippen molar-refractivity contribution in [3.63, 3.8) is 0 Å². The summed E-state index contributed by atoms with van der Waals surface area (Å²) in [5.74, 6) is -0.138. The molecule has 1 heterocycles. The fourth-order valence-electron chi connectivity index (χ4n) is 2.68.